The van der Waals surface area contributed by atoms with Gasteiger partial charge in [0.05, 0.1) is 0 Å². The highest BCUT2D eigenvalue weighted by molar-refractivity contribution is 4.90. The minimum Gasteiger partial charge on any atom is -0.311 e. The lowest BCUT2D eigenvalue weighted by Gasteiger charge is -2.38. The first-order valence-electron chi connectivity index (χ1n) is 8.83. The van der Waals surface area contributed by atoms with E-state index in [0.29, 0.717) is 0 Å². The lowest BCUT2D eigenvalue weighted by molar-refractivity contribution is 0.153. The van der Waals surface area contributed by atoms with E-state index in [-0.39, 0.29) is 0 Å². The molecule has 1 N–H and O–H groups in total. The number of rotatable bonds is 3. The second kappa shape index (κ2) is 6.58. The van der Waals surface area contributed by atoms with Crippen LogP contribution in [0.5, 0.6) is 0 Å². The van der Waals surface area contributed by atoms with Gasteiger partial charge in [0, 0.05) is 18.1 Å². The van der Waals surface area contributed by atoms with E-state index in [1.807, 2.05) is 0 Å². The average Bonchev–Trinajstić information content (AvgIpc) is 2.71. The van der Waals surface area contributed by atoms with Crippen LogP contribution in [0.1, 0.15) is 71.1 Å². The van der Waals surface area contributed by atoms with E-state index in [9.17, 15) is 0 Å². The number of hydrogen-bond acceptors (Lipinski definition) is 2. The van der Waals surface area contributed by atoms with Crippen LogP contribution in [0, 0.1) is 5.92 Å². The van der Waals surface area contributed by atoms with Gasteiger partial charge in [-0.05, 0) is 64.5 Å². The molecule has 0 aromatic heterocycles. The largest absolute Gasteiger partial charge is 0.311 e. The second-order valence-corrected chi connectivity index (χ2v) is 7.26. The molecule has 0 amide bonds. The molecule has 0 radical (unpaired) electrons. The molecular weight excluding hydrogens is 232 g/mol. The molecule has 2 unspecified atom stereocenters. The highest BCUT2D eigenvalue weighted by Crippen LogP contribution is 2.29. The molecule has 3 fully saturated rings. The van der Waals surface area contributed by atoms with Gasteiger partial charge in [0.1, 0.15) is 0 Å². The van der Waals surface area contributed by atoms with Crippen molar-refractivity contribution in [1.82, 2.24) is 10.2 Å². The van der Waals surface area contributed by atoms with Crippen molar-refractivity contribution in [2.75, 3.05) is 13.1 Å². The number of nitrogens with zero attached hydrogens (tertiary/aromatic N) is 1. The third-order valence-electron chi connectivity index (χ3n) is 5.93. The maximum absolute atomic E-state index is 4.00. The van der Waals surface area contributed by atoms with Crippen LogP contribution >= 0.6 is 0 Å². The van der Waals surface area contributed by atoms with Gasteiger partial charge in [0.15, 0.2) is 0 Å². The van der Waals surface area contributed by atoms with Crippen LogP contribution in [0.4, 0.5) is 0 Å². The highest BCUT2D eigenvalue weighted by atomic mass is 15.2. The Kier molecular flexibility index (Phi) is 4.81. The molecule has 2 saturated heterocycles. The fraction of sp³-hybridized carbons (Fsp3) is 1.00. The van der Waals surface area contributed by atoms with Gasteiger partial charge in [0.2, 0.25) is 0 Å². The number of hydrogen-bond donors (Lipinski definition) is 1. The van der Waals surface area contributed by atoms with Crippen LogP contribution in [0.2, 0.25) is 0 Å². The Morgan fingerprint density at radius 1 is 0.895 bits per heavy atom. The zero-order chi connectivity index (χ0) is 13.1. The summed E-state index contributed by atoms with van der Waals surface area (Å²) in [4.78, 5) is 2.73. The van der Waals surface area contributed by atoms with E-state index in [0.717, 1.165) is 24.0 Å². The third kappa shape index (κ3) is 3.52. The molecule has 2 nitrogen and oxygen atoms in total. The molecule has 3 aliphatic rings. The molecule has 0 bridgehead atoms. The Labute approximate surface area is 119 Å². The summed E-state index contributed by atoms with van der Waals surface area (Å²) in [6, 6.07) is 2.46. The summed E-state index contributed by atoms with van der Waals surface area (Å²) < 4.78 is 0. The number of nitrogens with one attached hydrogen (secondary N) is 1. The minimum absolute atomic E-state index is 0.746. The SMILES string of the molecule is C[C@@H](NC1CCN2CCCC2C1)C1CCCCCC1. The fourth-order valence-corrected chi connectivity index (χ4v) is 4.69. The molecule has 0 spiro atoms. The maximum Gasteiger partial charge on any atom is 0.0111 e. The van der Waals surface area contributed by atoms with Gasteiger partial charge in [0.25, 0.3) is 0 Å². The monoisotopic (exact) mass is 264 g/mol. The summed E-state index contributed by atoms with van der Waals surface area (Å²) in [7, 11) is 0. The minimum atomic E-state index is 0.746. The quantitative estimate of drug-likeness (QED) is 0.784. The van der Waals surface area contributed by atoms with E-state index in [2.05, 4.69) is 17.1 Å². The lowest BCUT2D eigenvalue weighted by Crippen LogP contribution is -2.49. The Morgan fingerprint density at radius 2 is 1.68 bits per heavy atom. The fourth-order valence-electron chi connectivity index (χ4n) is 4.69. The summed E-state index contributed by atoms with van der Waals surface area (Å²) >= 11 is 0. The lowest BCUT2D eigenvalue weighted by atomic mass is 9.90. The zero-order valence-electron chi connectivity index (χ0n) is 12.7. The first-order chi connectivity index (χ1) is 9.33. The van der Waals surface area contributed by atoms with Crippen LogP contribution in [0.25, 0.3) is 0 Å². The summed E-state index contributed by atoms with van der Waals surface area (Å²) in [6.07, 6.45) is 14.5. The van der Waals surface area contributed by atoms with E-state index in [4.69, 9.17) is 0 Å². The molecule has 1 aliphatic carbocycles. The molecule has 1 saturated carbocycles. The Morgan fingerprint density at radius 3 is 2.47 bits per heavy atom. The van der Waals surface area contributed by atoms with Gasteiger partial charge in [-0.3, -0.25) is 0 Å². The Bertz CT molecular complexity index is 270. The standard InChI is InChI=1S/C17H32N2/c1-14(15-7-4-2-3-5-8-15)18-16-10-12-19-11-6-9-17(19)13-16/h14-18H,2-13H2,1H3/t14-,16?,17?/m1/s1. The van der Waals surface area contributed by atoms with E-state index in [1.54, 1.807) is 0 Å². The molecule has 3 rings (SSSR count). The molecule has 110 valence electrons. The van der Waals surface area contributed by atoms with E-state index >= 15 is 0 Å². The smallest absolute Gasteiger partial charge is 0.0111 e. The van der Waals surface area contributed by atoms with Crippen LogP contribution in [-0.4, -0.2) is 36.1 Å². The van der Waals surface area contributed by atoms with E-state index < -0.39 is 0 Å². The summed E-state index contributed by atoms with van der Waals surface area (Å²) in [5.74, 6) is 0.948. The van der Waals surface area contributed by atoms with Crippen molar-refractivity contribution in [3.8, 4) is 0 Å². The first-order valence-corrected chi connectivity index (χ1v) is 8.83. The van der Waals surface area contributed by atoms with Gasteiger partial charge in [-0.15, -0.1) is 0 Å². The van der Waals surface area contributed by atoms with Gasteiger partial charge in [-0.1, -0.05) is 25.7 Å². The molecule has 2 heteroatoms. The maximum atomic E-state index is 4.00. The predicted octanol–water partition coefficient (Wildman–Crippen LogP) is 3.56. The Balaban J connectivity index is 1.47. The topological polar surface area (TPSA) is 15.3 Å². The van der Waals surface area contributed by atoms with Crippen molar-refractivity contribution in [1.29, 1.82) is 0 Å². The summed E-state index contributed by atoms with van der Waals surface area (Å²) in [5.41, 5.74) is 0. The first kappa shape index (κ1) is 13.9. The van der Waals surface area contributed by atoms with Crippen molar-refractivity contribution in [2.45, 2.75) is 89.3 Å². The van der Waals surface area contributed by atoms with Gasteiger partial charge < -0.3 is 10.2 Å². The molecule has 0 aromatic rings. The van der Waals surface area contributed by atoms with Crippen molar-refractivity contribution in [3.63, 3.8) is 0 Å². The average molecular weight is 264 g/mol. The molecular formula is C17H32N2. The molecule has 2 aliphatic heterocycles. The van der Waals surface area contributed by atoms with Crippen molar-refractivity contribution in [3.05, 3.63) is 0 Å². The van der Waals surface area contributed by atoms with Gasteiger partial charge >= 0.3 is 0 Å². The number of piperidine rings is 1. The summed E-state index contributed by atoms with van der Waals surface area (Å²) in [6.45, 7) is 5.17. The van der Waals surface area contributed by atoms with E-state index in [1.165, 1.54) is 77.3 Å². The van der Waals surface area contributed by atoms with Crippen molar-refractivity contribution in [2.24, 2.45) is 5.92 Å². The molecule has 19 heavy (non-hydrogen) atoms. The predicted molar refractivity (Wildman–Crippen MR) is 81.4 cm³/mol. The van der Waals surface area contributed by atoms with Gasteiger partial charge in [-0.2, -0.15) is 0 Å². The molecule has 0 aromatic carbocycles. The van der Waals surface area contributed by atoms with Crippen LogP contribution in [0.3, 0.4) is 0 Å². The van der Waals surface area contributed by atoms with Gasteiger partial charge in [-0.25, -0.2) is 0 Å². The normalized spacial score (nSPS) is 35.8. The Hall–Kier alpha value is -0.0800. The van der Waals surface area contributed by atoms with Crippen molar-refractivity contribution >= 4 is 0 Å². The van der Waals surface area contributed by atoms with Crippen LogP contribution in [0.15, 0.2) is 0 Å². The zero-order valence-corrected chi connectivity index (χ0v) is 12.7. The van der Waals surface area contributed by atoms with Crippen molar-refractivity contribution < 1.29 is 0 Å². The summed E-state index contributed by atoms with van der Waals surface area (Å²) in [5, 5.41) is 4.00. The highest BCUT2D eigenvalue weighted by Gasteiger charge is 2.32. The van der Waals surface area contributed by atoms with Crippen LogP contribution < -0.4 is 5.32 Å². The number of fused-ring (bicyclic) bond motifs is 1. The second-order valence-electron chi connectivity index (χ2n) is 7.26. The van der Waals surface area contributed by atoms with Crippen LogP contribution in [-0.2, 0) is 0 Å². The molecule has 3 atom stereocenters. The third-order valence-corrected chi connectivity index (χ3v) is 5.93. The molecule has 2 heterocycles.